The molecule has 1 heterocycles. The molecule has 2 rings (SSSR count). The van der Waals surface area contributed by atoms with Crippen LogP contribution in [0.25, 0.3) is 0 Å². The Bertz CT molecular complexity index is 277. The van der Waals surface area contributed by atoms with Crippen LogP contribution in [-0.2, 0) is 7.05 Å². The van der Waals surface area contributed by atoms with E-state index in [-0.39, 0.29) is 0 Å². The minimum absolute atomic E-state index is 0.712. The fourth-order valence-corrected chi connectivity index (χ4v) is 2.44. The number of hydrogen-bond acceptors (Lipinski definition) is 1. The van der Waals surface area contributed by atoms with E-state index in [2.05, 4.69) is 29.7 Å². The van der Waals surface area contributed by atoms with Gasteiger partial charge in [-0.1, -0.05) is 19.8 Å². The number of aromatic nitrogens is 2. The van der Waals surface area contributed by atoms with Crippen molar-refractivity contribution in [3.63, 3.8) is 0 Å². The maximum atomic E-state index is 4.44. The SMILES string of the molecule is C[C@H]1CCC[C@@H](c2nccn2C)C1. The molecule has 0 bridgehead atoms. The topological polar surface area (TPSA) is 17.8 Å². The molecule has 0 aliphatic heterocycles. The third-order valence-corrected chi connectivity index (χ3v) is 3.16. The normalized spacial score (nSPS) is 29.1. The van der Waals surface area contributed by atoms with Crippen LogP contribution in [0.4, 0.5) is 0 Å². The predicted octanol–water partition coefficient (Wildman–Crippen LogP) is 2.71. The Labute approximate surface area is 80.0 Å². The summed E-state index contributed by atoms with van der Waals surface area (Å²) < 4.78 is 2.17. The Morgan fingerprint density at radius 2 is 2.31 bits per heavy atom. The van der Waals surface area contributed by atoms with Crippen molar-refractivity contribution in [2.45, 2.75) is 38.5 Å². The molecule has 2 nitrogen and oxygen atoms in total. The van der Waals surface area contributed by atoms with Gasteiger partial charge in [0, 0.05) is 25.4 Å². The van der Waals surface area contributed by atoms with Gasteiger partial charge in [0.05, 0.1) is 0 Å². The van der Waals surface area contributed by atoms with E-state index >= 15 is 0 Å². The van der Waals surface area contributed by atoms with Crippen LogP contribution < -0.4 is 0 Å². The van der Waals surface area contributed by atoms with Gasteiger partial charge in [-0.15, -0.1) is 0 Å². The minimum Gasteiger partial charge on any atom is -0.338 e. The Balaban J connectivity index is 2.12. The molecule has 0 aromatic carbocycles. The van der Waals surface area contributed by atoms with Crippen LogP contribution in [-0.4, -0.2) is 9.55 Å². The molecule has 1 aromatic rings. The fraction of sp³-hybridized carbons (Fsp3) is 0.727. The molecule has 0 spiro atoms. The standard InChI is InChI=1S/C11H18N2/c1-9-4-3-5-10(8-9)11-12-6-7-13(11)2/h6-7,9-10H,3-5,8H2,1-2H3/t9-,10+/m0/s1. The van der Waals surface area contributed by atoms with Crippen LogP contribution in [0.3, 0.4) is 0 Å². The molecule has 1 aliphatic rings. The maximum absolute atomic E-state index is 4.44. The number of rotatable bonds is 1. The van der Waals surface area contributed by atoms with Crippen molar-refractivity contribution in [3.8, 4) is 0 Å². The fourth-order valence-electron chi connectivity index (χ4n) is 2.44. The second-order valence-corrected chi connectivity index (χ2v) is 4.37. The first-order valence-corrected chi connectivity index (χ1v) is 5.24. The van der Waals surface area contributed by atoms with Crippen LogP contribution in [0.1, 0.15) is 44.3 Å². The Kier molecular flexibility index (Phi) is 2.38. The van der Waals surface area contributed by atoms with Gasteiger partial charge in [-0.05, 0) is 18.8 Å². The molecule has 0 unspecified atom stereocenters. The molecule has 1 aliphatic carbocycles. The first kappa shape index (κ1) is 8.79. The van der Waals surface area contributed by atoms with Gasteiger partial charge in [0.15, 0.2) is 0 Å². The monoisotopic (exact) mass is 178 g/mol. The van der Waals surface area contributed by atoms with Crippen molar-refractivity contribution in [1.29, 1.82) is 0 Å². The molecular weight excluding hydrogens is 160 g/mol. The van der Waals surface area contributed by atoms with Crippen LogP contribution in [0.5, 0.6) is 0 Å². The summed E-state index contributed by atoms with van der Waals surface area (Å²) in [6, 6.07) is 0. The summed E-state index contributed by atoms with van der Waals surface area (Å²) in [5, 5.41) is 0. The first-order chi connectivity index (χ1) is 6.27. The van der Waals surface area contributed by atoms with E-state index in [1.165, 1.54) is 31.5 Å². The molecule has 72 valence electrons. The molecule has 2 heteroatoms. The van der Waals surface area contributed by atoms with Crippen molar-refractivity contribution in [2.24, 2.45) is 13.0 Å². The molecule has 0 saturated heterocycles. The number of imidazole rings is 1. The highest BCUT2D eigenvalue weighted by Gasteiger charge is 2.22. The second kappa shape index (κ2) is 3.52. The van der Waals surface area contributed by atoms with Crippen molar-refractivity contribution < 1.29 is 0 Å². The minimum atomic E-state index is 0.712. The highest BCUT2D eigenvalue weighted by Crippen LogP contribution is 2.34. The zero-order valence-electron chi connectivity index (χ0n) is 8.53. The molecule has 1 saturated carbocycles. The third-order valence-electron chi connectivity index (χ3n) is 3.16. The second-order valence-electron chi connectivity index (χ2n) is 4.37. The number of hydrogen-bond donors (Lipinski definition) is 0. The van der Waals surface area contributed by atoms with E-state index in [1.807, 2.05) is 6.20 Å². The van der Waals surface area contributed by atoms with Crippen LogP contribution in [0.15, 0.2) is 12.4 Å². The smallest absolute Gasteiger partial charge is 0.111 e. The maximum Gasteiger partial charge on any atom is 0.111 e. The van der Waals surface area contributed by atoms with E-state index in [4.69, 9.17) is 0 Å². The highest BCUT2D eigenvalue weighted by atomic mass is 15.0. The van der Waals surface area contributed by atoms with Crippen molar-refractivity contribution in [3.05, 3.63) is 18.2 Å². The van der Waals surface area contributed by atoms with Crippen LogP contribution >= 0.6 is 0 Å². The third kappa shape index (κ3) is 1.77. The molecule has 2 atom stereocenters. The molecular formula is C11H18N2. The molecule has 0 amide bonds. The van der Waals surface area contributed by atoms with E-state index in [1.54, 1.807) is 0 Å². The van der Waals surface area contributed by atoms with Crippen LogP contribution in [0, 0.1) is 5.92 Å². The van der Waals surface area contributed by atoms with Crippen molar-refractivity contribution >= 4 is 0 Å². The lowest BCUT2D eigenvalue weighted by Gasteiger charge is -2.26. The quantitative estimate of drug-likeness (QED) is 0.646. The van der Waals surface area contributed by atoms with Gasteiger partial charge in [-0.3, -0.25) is 0 Å². The predicted molar refractivity (Wildman–Crippen MR) is 53.6 cm³/mol. The zero-order chi connectivity index (χ0) is 9.26. The Hall–Kier alpha value is -0.790. The van der Waals surface area contributed by atoms with Gasteiger partial charge in [-0.2, -0.15) is 0 Å². The van der Waals surface area contributed by atoms with Crippen molar-refractivity contribution in [2.75, 3.05) is 0 Å². The molecule has 0 N–H and O–H groups in total. The highest BCUT2D eigenvalue weighted by molar-refractivity contribution is 5.01. The lowest BCUT2D eigenvalue weighted by molar-refractivity contribution is 0.331. The average Bonchev–Trinajstić information content (AvgIpc) is 2.51. The van der Waals surface area contributed by atoms with Crippen LogP contribution in [0.2, 0.25) is 0 Å². The summed E-state index contributed by atoms with van der Waals surface area (Å²) in [6.45, 7) is 2.36. The molecule has 1 aromatic heterocycles. The molecule has 0 radical (unpaired) electrons. The van der Waals surface area contributed by atoms with Gasteiger partial charge in [-0.25, -0.2) is 4.98 Å². The summed E-state index contributed by atoms with van der Waals surface area (Å²) in [5.41, 5.74) is 0. The summed E-state index contributed by atoms with van der Waals surface area (Å²) in [5.74, 6) is 2.88. The number of nitrogens with zero attached hydrogens (tertiary/aromatic N) is 2. The van der Waals surface area contributed by atoms with Gasteiger partial charge < -0.3 is 4.57 Å². The zero-order valence-corrected chi connectivity index (χ0v) is 8.53. The first-order valence-electron chi connectivity index (χ1n) is 5.24. The van der Waals surface area contributed by atoms with E-state index in [0.717, 1.165) is 5.92 Å². The Morgan fingerprint density at radius 1 is 1.46 bits per heavy atom. The van der Waals surface area contributed by atoms with E-state index in [0.29, 0.717) is 5.92 Å². The number of aryl methyl sites for hydroxylation is 1. The molecule has 1 fully saturated rings. The largest absolute Gasteiger partial charge is 0.338 e. The summed E-state index contributed by atoms with van der Waals surface area (Å²) in [4.78, 5) is 4.44. The molecule has 13 heavy (non-hydrogen) atoms. The van der Waals surface area contributed by atoms with Crippen molar-refractivity contribution in [1.82, 2.24) is 9.55 Å². The Morgan fingerprint density at radius 3 is 2.92 bits per heavy atom. The van der Waals surface area contributed by atoms with Gasteiger partial charge in [0.1, 0.15) is 5.82 Å². The van der Waals surface area contributed by atoms with Gasteiger partial charge >= 0.3 is 0 Å². The summed E-state index contributed by atoms with van der Waals surface area (Å²) >= 11 is 0. The van der Waals surface area contributed by atoms with Gasteiger partial charge in [0.2, 0.25) is 0 Å². The average molecular weight is 178 g/mol. The summed E-state index contributed by atoms with van der Waals surface area (Å²) in [7, 11) is 2.10. The lowest BCUT2D eigenvalue weighted by Crippen LogP contribution is -2.15. The van der Waals surface area contributed by atoms with E-state index in [9.17, 15) is 0 Å². The van der Waals surface area contributed by atoms with Gasteiger partial charge in [0.25, 0.3) is 0 Å². The summed E-state index contributed by atoms with van der Waals surface area (Å²) in [6.07, 6.45) is 9.39. The lowest BCUT2D eigenvalue weighted by atomic mass is 9.82. The van der Waals surface area contributed by atoms with E-state index < -0.39 is 0 Å².